The van der Waals surface area contributed by atoms with Gasteiger partial charge in [-0.1, -0.05) is 0 Å². The quantitative estimate of drug-likeness (QED) is 0.593. The molecule has 0 fully saturated rings. The van der Waals surface area contributed by atoms with E-state index in [-0.39, 0.29) is 23.3 Å². The summed E-state index contributed by atoms with van der Waals surface area (Å²) in [6.45, 7) is -0.550. The Morgan fingerprint density at radius 3 is 2.37 bits per heavy atom. The lowest BCUT2D eigenvalue weighted by atomic mass is 10.1. The third-order valence-electron chi connectivity index (χ3n) is 3.45. The molecule has 0 radical (unpaired) electrons. The molecule has 0 unspecified atom stereocenters. The van der Waals surface area contributed by atoms with Crippen LogP contribution in [0.2, 0.25) is 0 Å². The number of ether oxygens (including phenoxy) is 2. The lowest BCUT2D eigenvalue weighted by molar-refractivity contribution is -0.115. The average Bonchev–Trinajstić information content (AvgIpc) is 2.66. The van der Waals surface area contributed by atoms with E-state index in [0.29, 0.717) is 5.69 Å². The van der Waals surface area contributed by atoms with Gasteiger partial charge in [0.25, 0.3) is 0 Å². The fourth-order valence-corrected chi connectivity index (χ4v) is 2.10. The highest BCUT2D eigenvalue weighted by molar-refractivity contribution is 5.99. The zero-order valence-electron chi connectivity index (χ0n) is 14.3. The predicted octanol–water partition coefficient (Wildman–Crippen LogP) is 2.73. The normalized spacial score (nSPS) is 9.81. The second-order valence-corrected chi connectivity index (χ2v) is 5.31. The Labute approximate surface area is 154 Å². The van der Waals surface area contributed by atoms with Crippen LogP contribution in [0.1, 0.15) is 27.1 Å². The van der Waals surface area contributed by atoms with Gasteiger partial charge < -0.3 is 14.8 Å². The number of nitrogens with one attached hydrogen (secondary N) is 1. The number of ketones is 1. The number of amides is 1. The molecule has 2 aromatic carbocycles. The maximum atomic E-state index is 13.6. The topological polar surface area (TPSA) is 105 Å². The van der Waals surface area contributed by atoms with E-state index in [1.165, 1.54) is 43.5 Å². The summed E-state index contributed by atoms with van der Waals surface area (Å²) >= 11 is 0. The first-order chi connectivity index (χ1) is 12.9. The molecule has 0 aromatic heterocycles. The van der Waals surface area contributed by atoms with Crippen LogP contribution in [0.15, 0.2) is 42.5 Å². The number of hydrogen-bond donors (Lipinski definition) is 1. The summed E-state index contributed by atoms with van der Waals surface area (Å²) in [6.07, 6.45) is -0.280. The van der Waals surface area contributed by atoms with Gasteiger partial charge in [0.1, 0.15) is 6.42 Å². The second-order valence-electron chi connectivity index (χ2n) is 5.31. The Kier molecular flexibility index (Phi) is 6.61. The van der Waals surface area contributed by atoms with Crippen molar-refractivity contribution in [3.05, 3.63) is 59.4 Å². The van der Waals surface area contributed by atoms with Crippen molar-refractivity contribution < 1.29 is 28.2 Å². The molecule has 0 aliphatic carbocycles. The number of benzene rings is 2. The van der Waals surface area contributed by atoms with E-state index in [2.05, 4.69) is 5.32 Å². The molecule has 1 amide bonds. The van der Waals surface area contributed by atoms with Crippen molar-refractivity contribution in [2.45, 2.75) is 6.42 Å². The molecule has 0 saturated carbocycles. The van der Waals surface area contributed by atoms with Gasteiger partial charge in [0, 0.05) is 11.3 Å². The van der Waals surface area contributed by atoms with E-state index >= 15 is 0 Å². The van der Waals surface area contributed by atoms with Crippen molar-refractivity contribution in [3.8, 4) is 11.8 Å². The number of nitrogens with zero attached hydrogens (tertiary/aromatic N) is 1. The Balaban J connectivity index is 1.93. The fourth-order valence-electron chi connectivity index (χ4n) is 2.10. The summed E-state index contributed by atoms with van der Waals surface area (Å²) in [6, 6.07) is 11.1. The van der Waals surface area contributed by atoms with Crippen LogP contribution in [-0.2, 0) is 9.53 Å². The van der Waals surface area contributed by atoms with E-state index in [4.69, 9.17) is 14.7 Å². The highest BCUT2D eigenvalue weighted by Crippen LogP contribution is 2.18. The molecule has 2 aromatic rings. The van der Waals surface area contributed by atoms with Crippen LogP contribution in [-0.4, -0.2) is 31.4 Å². The number of carbonyl (C=O) groups excluding carboxylic acids is 3. The molecule has 0 heterocycles. The number of rotatable bonds is 7. The summed E-state index contributed by atoms with van der Waals surface area (Å²) < 4.78 is 23.3. The molecular weight excluding hydrogens is 355 g/mol. The minimum atomic E-state index is -0.743. The van der Waals surface area contributed by atoms with Crippen molar-refractivity contribution in [2.75, 3.05) is 19.0 Å². The number of anilines is 1. The smallest absolute Gasteiger partial charge is 0.338 e. The van der Waals surface area contributed by atoms with Gasteiger partial charge in [-0.3, -0.25) is 9.59 Å². The van der Waals surface area contributed by atoms with Crippen LogP contribution < -0.4 is 10.1 Å². The van der Waals surface area contributed by atoms with Gasteiger partial charge in [0.05, 0.1) is 18.7 Å². The second kappa shape index (κ2) is 9.10. The number of carbonyl (C=O) groups is 3. The van der Waals surface area contributed by atoms with Gasteiger partial charge in [-0.15, -0.1) is 0 Å². The number of halogens is 1. The molecule has 0 aliphatic rings. The highest BCUT2D eigenvalue weighted by Gasteiger charge is 2.14. The van der Waals surface area contributed by atoms with Crippen LogP contribution in [0.3, 0.4) is 0 Å². The lowest BCUT2D eigenvalue weighted by Crippen LogP contribution is -2.15. The largest absolute Gasteiger partial charge is 0.494 e. The highest BCUT2D eigenvalue weighted by atomic mass is 19.1. The summed E-state index contributed by atoms with van der Waals surface area (Å²) in [7, 11) is 1.31. The predicted molar refractivity (Wildman–Crippen MR) is 92.9 cm³/mol. The minimum Gasteiger partial charge on any atom is -0.494 e. The maximum absolute atomic E-state index is 13.6. The van der Waals surface area contributed by atoms with E-state index in [1.54, 1.807) is 6.07 Å². The first kappa shape index (κ1) is 19.6. The lowest BCUT2D eigenvalue weighted by Gasteiger charge is -2.07. The van der Waals surface area contributed by atoms with E-state index in [9.17, 15) is 18.8 Å². The third-order valence-corrected chi connectivity index (χ3v) is 3.45. The molecule has 0 atom stereocenters. The van der Waals surface area contributed by atoms with Crippen LogP contribution in [0, 0.1) is 17.1 Å². The number of hydrogen-bond acceptors (Lipinski definition) is 6. The van der Waals surface area contributed by atoms with Gasteiger partial charge >= 0.3 is 5.97 Å². The van der Waals surface area contributed by atoms with Crippen LogP contribution in [0.5, 0.6) is 5.75 Å². The minimum absolute atomic E-state index is 0.00509. The molecule has 138 valence electrons. The van der Waals surface area contributed by atoms with Gasteiger partial charge in [-0.2, -0.15) is 5.26 Å². The zero-order chi connectivity index (χ0) is 19.8. The first-order valence-corrected chi connectivity index (χ1v) is 7.75. The molecule has 0 bridgehead atoms. The SMILES string of the molecule is COc1ccc(C(=O)COC(=O)c2ccc(NC(=O)CC#N)cc2)cc1F. The molecule has 27 heavy (non-hydrogen) atoms. The molecule has 8 heteroatoms. The van der Waals surface area contributed by atoms with Crippen molar-refractivity contribution >= 4 is 23.3 Å². The Morgan fingerprint density at radius 1 is 1.11 bits per heavy atom. The average molecular weight is 370 g/mol. The summed E-state index contributed by atoms with van der Waals surface area (Å²) in [5, 5.41) is 10.9. The molecular formula is C19H15FN2O5. The van der Waals surface area contributed by atoms with Crippen LogP contribution in [0.4, 0.5) is 10.1 Å². The van der Waals surface area contributed by atoms with Crippen LogP contribution in [0.25, 0.3) is 0 Å². The summed E-state index contributed by atoms with van der Waals surface area (Å²) in [5.41, 5.74) is 0.634. The van der Waals surface area contributed by atoms with E-state index in [1.807, 2.05) is 0 Å². The third kappa shape index (κ3) is 5.37. The molecule has 0 saturated heterocycles. The van der Waals surface area contributed by atoms with Gasteiger partial charge in [-0.25, -0.2) is 9.18 Å². The van der Waals surface area contributed by atoms with Crippen molar-refractivity contribution in [3.63, 3.8) is 0 Å². The standard InChI is InChI=1S/C19H15FN2O5/c1-26-17-7-4-13(10-15(17)20)16(23)11-27-19(25)12-2-5-14(6-3-12)22-18(24)8-9-21/h2-7,10H,8,11H2,1H3,(H,22,24). The van der Waals surface area contributed by atoms with Crippen molar-refractivity contribution in [2.24, 2.45) is 0 Å². The summed E-state index contributed by atoms with van der Waals surface area (Å²) in [5.74, 6) is -2.46. The van der Waals surface area contributed by atoms with Crippen LogP contribution >= 0.6 is 0 Å². The molecule has 1 N–H and O–H groups in total. The summed E-state index contributed by atoms with van der Waals surface area (Å²) in [4.78, 5) is 35.3. The van der Waals surface area contributed by atoms with Crippen molar-refractivity contribution in [1.29, 1.82) is 5.26 Å². The van der Waals surface area contributed by atoms with Gasteiger partial charge in [-0.05, 0) is 42.5 Å². The Bertz CT molecular complexity index is 903. The maximum Gasteiger partial charge on any atom is 0.338 e. The van der Waals surface area contributed by atoms with Gasteiger partial charge in [0.15, 0.2) is 24.0 Å². The van der Waals surface area contributed by atoms with E-state index < -0.39 is 30.1 Å². The molecule has 2 rings (SSSR count). The monoisotopic (exact) mass is 370 g/mol. The van der Waals surface area contributed by atoms with Crippen molar-refractivity contribution in [1.82, 2.24) is 0 Å². The number of Topliss-reactive ketones (excluding diaryl/α,β-unsaturated/α-hetero) is 1. The number of methoxy groups -OCH3 is 1. The molecule has 7 nitrogen and oxygen atoms in total. The molecule has 0 spiro atoms. The zero-order valence-corrected chi connectivity index (χ0v) is 14.3. The van der Waals surface area contributed by atoms with E-state index in [0.717, 1.165) is 6.07 Å². The number of nitriles is 1. The first-order valence-electron chi connectivity index (χ1n) is 7.75. The Hall–Kier alpha value is -3.73. The Morgan fingerprint density at radius 2 is 1.78 bits per heavy atom. The molecule has 0 aliphatic heterocycles. The van der Waals surface area contributed by atoms with Gasteiger partial charge in [0.2, 0.25) is 5.91 Å². The fraction of sp³-hybridized carbons (Fsp3) is 0.158. The number of esters is 1.